The minimum Gasteiger partial charge on any atom is -0.457 e. The summed E-state index contributed by atoms with van der Waals surface area (Å²) in [6.45, 7) is 30.9. The van der Waals surface area contributed by atoms with Crippen LogP contribution in [0.5, 0.6) is 11.5 Å². The number of aryl methyl sites for hydroxylation is 1. The van der Waals surface area contributed by atoms with Gasteiger partial charge in [-0.2, -0.15) is 0 Å². The molecule has 0 unspecified atom stereocenters. The van der Waals surface area contributed by atoms with Crippen LogP contribution in [0.15, 0.2) is 140 Å². The smallest absolute Gasteiger partial charge is 0.187 e. The number of para-hydroxylation sites is 2. The van der Waals surface area contributed by atoms with Gasteiger partial charge in [0.05, 0.1) is 29.0 Å². The Morgan fingerprint density at radius 3 is 1.92 bits per heavy atom. The van der Waals surface area contributed by atoms with Crippen molar-refractivity contribution in [3.8, 4) is 28.4 Å². The first-order chi connectivity index (χ1) is 29.5. The molecule has 0 saturated carbocycles. The third kappa shape index (κ3) is 7.47. The highest BCUT2D eigenvalue weighted by Gasteiger charge is 2.30. The Hall–Kier alpha value is -6.84. The molecular weight excluding hydrogens is 759 g/mol. The number of pyridine rings is 1. The van der Waals surface area contributed by atoms with E-state index in [2.05, 4.69) is 198 Å². The lowest BCUT2D eigenvalue weighted by molar-refractivity contribution is 0.483. The normalized spacial score (nSPS) is 13.2. The van der Waals surface area contributed by atoms with Gasteiger partial charge in [-0.15, -0.1) is 0 Å². The maximum absolute atomic E-state index is 7.64. The molecule has 9 rings (SSSR count). The maximum atomic E-state index is 7.64. The van der Waals surface area contributed by atoms with Gasteiger partial charge in [-0.3, -0.25) is 4.57 Å². The van der Waals surface area contributed by atoms with Crippen molar-refractivity contribution in [2.45, 2.75) is 85.5 Å². The fourth-order valence-corrected chi connectivity index (χ4v) is 8.62. The predicted molar refractivity (Wildman–Crippen MR) is 260 cm³/mol. The lowest BCUT2D eigenvalue weighted by Gasteiger charge is -2.29. The number of hydrogen-bond acceptors (Lipinski definition) is 4. The average molecular weight is 814 g/mol. The van der Waals surface area contributed by atoms with Gasteiger partial charge in [0.25, 0.3) is 0 Å². The minimum absolute atomic E-state index is 0.0131. The zero-order chi connectivity index (χ0) is 43.7. The van der Waals surface area contributed by atoms with E-state index in [1.165, 1.54) is 28.1 Å². The van der Waals surface area contributed by atoms with Crippen LogP contribution in [0.1, 0.15) is 84.6 Å². The van der Waals surface area contributed by atoms with Gasteiger partial charge in [0, 0.05) is 40.5 Å². The molecule has 3 heterocycles. The molecule has 6 nitrogen and oxygen atoms in total. The summed E-state index contributed by atoms with van der Waals surface area (Å²) >= 11 is 0. The van der Waals surface area contributed by atoms with E-state index in [9.17, 15) is 0 Å². The Bertz CT molecular complexity index is 3040. The van der Waals surface area contributed by atoms with Crippen molar-refractivity contribution in [1.29, 1.82) is 0 Å². The topological polar surface area (TPSA) is 37.9 Å². The van der Waals surface area contributed by atoms with Crippen LogP contribution in [0.3, 0.4) is 0 Å². The summed E-state index contributed by atoms with van der Waals surface area (Å²) in [5.74, 6) is 2.36. The number of anilines is 4. The molecule has 0 radical (unpaired) electrons. The van der Waals surface area contributed by atoms with Crippen LogP contribution in [0.25, 0.3) is 43.6 Å². The predicted octanol–water partition coefficient (Wildman–Crippen LogP) is 15.6. The van der Waals surface area contributed by atoms with E-state index in [-0.39, 0.29) is 16.2 Å². The van der Waals surface area contributed by atoms with E-state index in [1.807, 2.05) is 30.5 Å². The van der Waals surface area contributed by atoms with E-state index in [0.717, 1.165) is 67.2 Å². The first-order valence-corrected chi connectivity index (χ1v) is 21.6. The molecule has 0 amide bonds. The number of ether oxygens (including phenoxy) is 1. The van der Waals surface area contributed by atoms with Crippen molar-refractivity contribution < 1.29 is 4.74 Å². The molecule has 2 aromatic heterocycles. The summed E-state index contributed by atoms with van der Waals surface area (Å²) in [5, 5.41) is 2.21. The lowest BCUT2D eigenvalue weighted by Crippen LogP contribution is -2.25. The fraction of sp³-hybridized carbons (Fsp3) is 0.250. The Balaban J connectivity index is 1.11. The summed E-state index contributed by atoms with van der Waals surface area (Å²) in [6, 6.07) is 47.4. The van der Waals surface area contributed by atoms with E-state index in [0.29, 0.717) is 12.4 Å². The number of hydrogen-bond donors (Lipinski definition) is 0. The molecule has 0 bridgehead atoms. The third-order valence-corrected chi connectivity index (χ3v) is 12.3. The molecule has 0 fully saturated rings. The molecule has 310 valence electrons. The van der Waals surface area contributed by atoms with Gasteiger partial charge in [-0.1, -0.05) is 105 Å². The largest absolute Gasteiger partial charge is 0.457 e. The lowest BCUT2D eigenvalue weighted by atomic mass is 9.80. The molecule has 0 atom stereocenters. The standard InChI is InChI=1S/C56H55N5O/c1-36-19-21-41(57-11)32-47(36)37-20-24-49-48(27-37)46-23-22-45(34-52(46)61(49)53-31-38(25-26-58-53)54(2,3)4)62-44-16-14-15-42(33-44)59-35-60(51-18-13-12-17-50(51)59)43-29-39(55(5,6)7)28-40(30-43)56(8,9)10/h12-34H,35H2,1-10H3. The van der Waals surface area contributed by atoms with Gasteiger partial charge in [0.2, 0.25) is 0 Å². The number of fused-ring (bicyclic) bond motifs is 4. The second-order valence-corrected chi connectivity index (χ2v) is 19.9. The molecule has 6 heteroatoms. The van der Waals surface area contributed by atoms with E-state index >= 15 is 0 Å². The van der Waals surface area contributed by atoms with Crippen molar-refractivity contribution in [3.05, 3.63) is 173 Å². The maximum Gasteiger partial charge on any atom is 0.187 e. The summed E-state index contributed by atoms with van der Waals surface area (Å²) in [6.07, 6.45) is 1.91. The molecule has 62 heavy (non-hydrogen) atoms. The number of aromatic nitrogens is 2. The van der Waals surface area contributed by atoms with Crippen LogP contribution in [0.2, 0.25) is 0 Å². The monoisotopic (exact) mass is 813 g/mol. The average Bonchev–Trinajstić information content (AvgIpc) is 3.79. The van der Waals surface area contributed by atoms with Crippen LogP contribution in [0.4, 0.5) is 28.4 Å². The molecule has 6 aromatic carbocycles. The van der Waals surface area contributed by atoms with Crippen molar-refractivity contribution in [1.82, 2.24) is 9.55 Å². The van der Waals surface area contributed by atoms with E-state index in [1.54, 1.807) is 0 Å². The van der Waals surface area contributed by atoms with Gasteiger partial charge < -0.3 is 14.5 Å². The summed E-state index contributed by atoms with van der Waals surface area (Å²) in [7, 11) is 0. The molecular formula is C56H55N5O. The highest BCUT2D eigenvalue weighted by atomic mass is 16.5. The molecule has 1 aliphatic rings. The van der Waals surface area contributed by atoms with Crippen LogP contribution in [0, 0.1) is 13.5 Å². The minimum atomic E-state index is -0.0485. The molecule has 0 spiro atoms. The first-order valence-electron chi connectivity index (χ1n) is 21.6. The van der Waals surface area contributed by atoms with Gasteiger partial charge in [0.1, 0.15) is 24.0 Å². The Morgan fingerprint density at radius 2 is 1.24 bits per heavy atom. The number of rotatable bonds is 6. The zero-order valence-corrected chi connectivity index (χ0v) is 37.6. The summed E-state index contributed by atoms with van der Waals surface area (Å²) in [5.41, 5.74) is 14.4. The van der Waals surface area contributed by atoms with Gasteiger partial charge in [-0.05, 0) is 135 Å². The van der Waals surface area contributed by atoms with Crippen LogP contribution >= 0.6 is 0 Å². The fourth-order valence-electron chi connectivity index (χ4n) is 8.62. The summed E-state index contributed by atoms with van der Waals surface area (Å²) in [4.78, 5) is 13.5. The molecule has 0 N–H and O–H groups in total. The van der Waals surface area contributed by atoms with Crippen molar-refractivity contribution in [2.75, 3.05) is 16.5 Å². The second kappa shape index (κ2) is 15.0. The van der Waals surface area contributed by atoms with Crippen LogP contribution in [-0.2, 0) is 16.2 Å². The quantitative estimate of drug-likeness (QED) is 0.157. The van der Waals surface area contributed by atoms with Gasteiger partial charge in [-0.25, -0.2) is 9.83 Å². The highest BCUT2D eigenvalue weighted by Crippen LogP contribution is 2.47. The number of nitrogens with zero attached hydrogens (tertiary/aromatic N) is 5. The van der Waals surface area contributed by atoms with E-state index < -0.39 is 0 Å². The molecule has 0 aliphatic carbocycles. The molecule has 0 saturated heterocycles. The Labute approximate surface area is 366 Å². The SMILES string of the molecule is [C-]#[N+]c1ccc(C)c(-c2ccc3c(c2)c2ccc(Oc4cccc(N5CN(c6cc(C(C)(C)C)cc(C(C)(C)C)c6)c6ccccc65)c4)cc2n3-c2cc(C(C)(C)C)ccn2)c1. The second-order valence-electron chi connectivity index (χ2n) is 19.9. The third-order valence-electron chi connectivity index (χ3n) is 12.3. The van der Waals surface area contributed by atoms with Crippen molar-refractivity contribution >= 4 is 50.2 Å². The molecule has 8 aromatic rings. The summed E-state index contributed by atoms with van der Waals surface area (Å²) < 4.78 is 9.04. The Morgan fingerprint density at radius 1 is 0.565 bits per heavy atom. The van der Waals surface area contributed by atoms with Crippen LogP contribution < -0.4 is 14.5 Å². The first kappa shape index (κ1) is 40.6. The van der Waals surface area contributed by atoms with Crippen molar-refractivity contribution in [3.63, 3.8) is 0 Å². The zero-order valence-electron chi connectivity index (χ0n) is 37.6. The van der Waals surface area contributed by atoms with Gasteiger partial charge in [0.15, 0.2) is 5.69 Å². The van der Waals surface area contributed by atoms with Gasteiger partial charge >= 0.3 is 0 Å². The Kier molecular flexibility index (Phi) is 9.78. The van der Waals surface area contributed by atoms with E-state index in [4.69, 9.17) is 16.3 Å². The molecule has 1 aliphatic heterocycles. The highest BCUT2D eigenvalue weighted by molar-refractivity contribution is 6.11. The van der Waals surface area contributed by atoms with Crippen molar-refractivity contribution in [2.24, 2.45) is 0 Å². The number of benzene rings is 6. The van der Waals surface area contributed by atoms with Crippen LogP contribution in [-0.4, -0.2) is 16.2 Å².